The number of nitrogens with zero attached hydrogens (tertiary/aromatic N) is 2. The Bertz CT molecular complexity index is 364. The van der Waals surface area contributed by atoms with Crippen molar-refractivity contribution in [3.63, 3.8) is 0 Å². The summed E-state index contributed by atoms with van der Waals surface area (Å²) in [5.74, 6) is 2.83. The number of hydrogen-bond acceptors (Lipinski definition) is 3. The summed E-state index contributed by atoms with van der Waals surface area (Å²) in [5, 5.41) is 3.62. The third-order valence-corrected chi connectivity index (χ3v) is 4.18. The van der Waals surface area contributed by atoms with Gasteiger partial charge >= 0.3 is 0 Å². The van der Waals surface area contributed by atoms with Crippen molar-refractivity contribution in [2.24, 2.45) is 17.8 Å². The van der Waals surface area contributed by atoms with Crippen LogP contribution in [-0.2, 0) is 0 Å². The molecule has 1 aromatic rings. The lowest BCUT2D eigenvalue weighted by Gasteiger charge is -2.34. The second kappa shape index (κ2) is 6.99. The molecular formula is C16H27N3. The molecule has 19 heavy (non-hydrogen) atoms. The summed E-state index contributed by atoms with van der Waals surface area (Å²) in [6.07, 6.45) is 9.47. The van der Waals surface area contributed by atoms with Gasteiger partial charge < -0.3 is 5.32 Å². The van der Waals surface area contributed by atoms with Gasteiger partial charge in [-0.25, -0.2) is 0 Å². The van der Waals surface area contributed by atoms with Crippen molar-refractivity contribution < 1.29 is 0 Å². The highest BCUT2D eigenvalue weighted by molar-refractivity contribution is 5.07. The molecule has 3 heteroatoms. The van der Waals surface area contributed by atoms with Crippen LogP contribution in [0.3, 0.4) is 0 Å². The van der Waals surface area contributed by atoms with Crippen LogP contribution in [0.15, 0.2) is 18.6 Å². The normalized spacial score (nSPS) is 27.7. The Hall–Kier alpha value is -0.960. The summed E-state index contributed by atoms with van der Waals surface area (Å²) in [7, 11) is 0. The van der Waals surface area contributed by atoms with E-state index in [1.807, 2.05) is 12.4 Å². The minimum absolute atomic E-state index is 0.581. The Morgan fingerprint density at radius 1 is 1.32 bits per heavy atom. The number of hydrogen-bond donors (Lipinski definition) is 1. The van der Waals surface area contributed by atoms with Crippen molar-refractivity contribution in [2.45, 2.75) is 46.0 Å². The smallest absolute Gasteiger partial charge is 0.0620 e. The van der Waals surface area contributed by atoms with Gasteiger partial charge in [-0.05, 0) is 43.7 Å². The van der Waals surface area contributed by atoms with Crippen LogP contribution < -0.4 is 5.32 Å². The van der Waals surface area contributed by atoms with Crippen LogP contribution in [0.5, 0.6) is 0 Å². The van der Waals surface area contributed by atoms with Crippen molar-refractivity contribution in [1.82, 2.24) is 15.3 Å². The van der Waals surface area contributed by atoms with E-state index in [0.717, 1.165) is 24.9 Å². The van der Waals surface area contributed by atoms with Gasteiger partial charge in [0.1, 0.15) is 0 Å². The maximum absolute atomic E-state index is 4.54. The Morgan fingerprint density at radius 2 is 2.16 bits per heavy atom. The third kappa shape index (κ3) is 4.27. The van der Waals surface area contributed by atoms with E-state index in [9.17, 15) is 0 Å². The average molecular weight is 261 g/mol. The molecule has 1 N–H and O–H groups in total. The molecule has 2 rings (SSSR count). The zero-order chi connectivity index (χ0) is 13.7. The standard InChI is InChI=1S/C16H27N3/c1-12(2)9-18-10-14-5-4-13(3)8-15(14)16-11-17-6-7-19-16/h6-7,11-15,18H,4-5,8-10H2,1-3H3. The number of nitrogens with one attached hydrogen (secondary N) is 1. The van der Waals surface area contributed by atoms with Crippen LogP contribution in [0, 0.1) is 17.8 Å². The summed E-state index contributed by atoms with van der Waals surface area (Å²) in [5.41, 5.74) is 1.19. The van der Waals surface area contributed by atoms with Gasteiger partial charge in [-0.2, -0.15) is 0 Å². The molecule has 3 nitrogen and oxygen atoms in total. The molecule has 0 amide bonds. The molecule has 1 fully saturated rings. The van der Waals surface area contributed by atoms with Crippen molar-refractivity contribution in [1.29, 1.82) is 0 Å². The fourth-order valence-electron chi connectivity index (χ4n) is 3.11. The zero-order valence-corrected chi connectivity index (χ0v) is 12.5. The maximum Gasteiger partial charge on any atom is 0.0620 e. The van der Waals surface area contributed by atoms with Crippen LogP contribution in [0.25, 0.3) is 0 Å². The molecule has 0 aromatic carbocycles. The van der Waals surface area contributed by atoms with Gasteiger partial charge in [0.25, 0.3) is 0 Å². The summed E-state index contributed by atoms with van der Waals surface area (Å²) >= 11 is 0. The maximum atomic E-state index is 4.54. The van der Waals surface area contributed by atoms with E-state index in [-0.39, 0.29) is 0 Å². The lowest BCUT2D eigenvalue weighted by Crippen LogP contribution is -2.33. The summed E-state index contributed by atoms with van der Waals surface area (Å²) in [6.45, 7) is 9.11. The second-order valence-electron chi connectivity index (χ2n) is 6.47. The van der Waals surface area contributed by atoms with Gasteiger partial charge in [-0.3, -0.25) is 9.97 Å². The predicted octanol–water partition coefficient (Wildman–Crippen LogP) is 3.24. The number of rotatable bonds is 5. The summed E-state index contributed by atoms with van der Waals surface area (Å²) in [6, 6.07) is 0. The molecule has 0 aliphatic heterocycles. The van der Waals surface area contributed by atoms with Gasteiger partial charge in [-0.15, -0.1) is 0 Å². The van der Waals surface area contributed by atoms with Gasteiger partial charge in [-0.1, -0.05) is 27.2 Å². The van der Waals surface area contributed by atoms with Crippen LogP contribution >= 0.6 is 0 Å². The molecular weight excluding hydrogens is 234 g/mol. The molecule has 1 aliphatic rings. The van der Waals surface area contributed by atoms with E-state index >= 15 is 0 Å². The van der Waals surface area contributed by atoms with E-state index in [1.165, 1.54) is 25.0 Å². The van der Waals surface area contributed by atoms with Crippen LogP contribution in [0.2, 0.25) is 0 Å². The van der Waals surface area contributed by atoms with Crippen molar-refractivity contribution in [3.8, 4) is 0 Å². The molecule has 0 radical (unpaired) electrons. The van der Waals surface area contributed by atoms with E-state index in [2.05, 4.69) is 36.1 Å². The van der Waals surface area contributed by atoms with E-state index in [1.54, 1.807) is 6.20 Å². The van der Waals surface area contributed by atoms with Gasteiger partial charge in [0.15, 0.2) is 0 Å². The van der Waals surface area contributed by atoms with E-state index < -0.39 is 0 Å². The third-order valence-electron chi connectivity index (χ3n) is 4.18. The first-order valence-electron chi connectivity index (χ1n) is 7.63. The summed E-state index contributed by atoms with van der Waals surface area (Å²) < 4.78 is 0. The largest absolute Gasteiger partial charge is 0.316 e. The highest BCUT2D eigenvalue weighted by atomic mass is 14.9. The quantitative estimate of drug-likeness (QED) is 0.884. The second-order valence-corrected chi connectivity index (χ2v) is 6.47. The first-order valence-corrected chi connectivity index (χ1v) is 7.63. The summed E-state index contributed by atoms with van der Waals surface area (Å²) in [4.78, 5) is 8.78. The fourth-order valence-corrected chi connectivity index (χ4v) is 3.11. The monoisotopic (exact) mass is 261 g/mol. The Labute approximate surface area is 117 Å². The SMILES string of the molecule is CC(C)CNCC1CCC(C)CC1c1cnccn1. The highest BCUT2D eigenvalue weighted by Gasteiger charge is 2.30. The van der Waals surface area contributed by atoms with E-state index in [0.29, 0.717) is 11.8 Å². The topological polar surface area (TPSA) is 37.8 Å². The van der Waals surface area contributed by atoms with Crippen molar-refractivity contribution >= 4 is 0 Å². The Balaban J connectivity index is 1.98. The molecule has 0 saturated heterocycles. The van der Waals surface area contributed by atoms with Crippen molar-refractivity contribution in [2.75, 3.05) is 13.1 Å². The van der Waals surface area contributed by atoms with Crippen LogP contribution in [0.1, 0.15) is 51.6 Å². The number of aromatic nitrogens is 2. The molecule has 106 valence electrons. The zero-order valence-electron chi connectivity index (χ0n) is 12.5. The lowest BCUT2D eigenvalue weighted by molar-refractivity contribution is 0.236. The molecule has 1 aromatic heterocycles. The molecule has 0 bridgehead atoms. The van der Waals surface area contributed by atoms with Crippen LogP contribution in [-0.4, -0.2) is 23.1 Å². The Kier molecular flexibility index (Phi) is 5.32. The molecule has 0 spiro atoms. The van der Waals surface area contributed by atoms with Gasteiger partial charge in [0.05, 0.1) is 5.69 Å². The minimum atomic E-state index is 0.581. The van der Waals surface area contributed by atoms with E-state index in [4.69, 9.17) is 0 Å². The van der Waals surface area contributed by atoms with Gasteiger partial charge in [0, 0.05) is 24.5 Å². The molecule has 1 saturated carbocycles. The average Bonchev–Trinajstić information content (AvgIpc) is 2.41. The molecule has 3 atom stereocenters. The fraction of sp³-hybridized carbons (Fsp3) is 0.750. The van der Waals surface area contributed by atoms with Gasteiger partial charge in [0.2, 0.25) is 0 Å². The molecule has 1 heterocycles. The molecule has 3 unspecified atom stereocenters. The van der Waals surface area contributed by atoms with Crippen molar-refractivity contribution in [3.05, 3.63) is 24.3 Å². The first-order chi connectivity index (χ1) is 9.16. The van der Waals surface area contributed by atoms with Crippen LogP contribution in [0.4, 0.5) is 0 Å². The minimum Gasteiger partial charge on any atom is -0.316 e. The lowest BCUT2D eigenvalue weighted by atomic mass is 9.73. The highest BCUT2D eigenvalue weighted by Crippen LogP contribution is 2.39. The first kappa shape index (κ1) is 14.4. The molecule has 1 aliphatic carbocycles. The predicted molar refractivity (Wildman–Crippen MR) is 79.0 cm³/mol. The Morgan fingerprint density at radius 3 is 2.84 bits per heavy atom.